The standard InChI is InChI=1S/C20H20Cl2N2O2/c1-3-24(16-6-4-5-12(2)7-16)20(26)18-11-17(18)19(25)23-15-9-13(21)8-14(22)10-15/h4-10,17-18H,3,11H2,1-2H3,(H,23,25). The number of anilines is 2. The van der Waals surface area contributed by atoms with Gasteiger partial charge in [0.15, 0.2) is 0 Å². The van der Waals surface area contributed by atoms with Gasteiger partial charge in [0.25, 0.3) is 0 Å². The molecule has 3 rings (SSSR count). The second-order valence-corrected chi connectivity index (χ2v) is 7.39. The van der Waals surface area contributed by atoms with E-state index in [-0.39, 0.29) is 23.7 Å². The van der Waals surface area contributed by atoms with Crippen LogP contribution in [-0.2, 0) is 9.59 Å². The molecular formula is C20H20Cl2N2O2. The van der Waals surface area contributed by atoms with Crippen LogP contribution in [0, 0.1) is 18.8 Å². The van der Waals surface area contributed by atoms with Gasteiger partial charge in [-0.2, -0.15) is 0 Å². The maximum Gasteiger partial charge on any atom is 0.230 e. The number of carbonyl (C=O) groups excluding carboxylic acids is 2. The van der Waals surface area contributed by atoms with E-state index in [1.807, 2.05) is 38.1 Å². The third kappa shape index (κ3) is 4.19. The number of aryl methyl sites for hydroxylation is 1. The molecule has 136 valence electrons. The van der Waals surface area contributed by atoms with E-state index in [4.69, 9.17) is 23.2 Å². The van der Waals surface area contributed by atoms with E-state index < -0.39 is 0 Å². The quantitative estimate of drug-likeness (QED) is 0.786. The molecule has 0 aliphatic heterocycles. The summed E-state index contributed by atoms with van der Waals surface area (Å²) >= 11 is 11.9. The number of halogens is 2. The molecule has 0 saturated heterocycles. The molecule has 0 spiro atoms. The number of amides is 2. The Morgan fingerprint density at radius 2 is 1.81 bits per heavy atom. The minimum absolute atomic E-state index is 0.0117. The first-order valence-corrected chi connectivity index (χ1v) is 9.29. The molecule has 1 aliphatic rings. The van der Waals surface area contributed by atoms with Gasteiger partial charge in [0, 0.05) is 28.0 Å². The van der Waals surface area contributed by atoms with Crippen LogP contribution < -0.4 is 10.2 Å². The molecule has 1 aliphatic carbocycles. The van der Waals surface area contributed by atoms with E-state index in [0.717, 1.165) is 11.3 Å². The Balaban J connectivity index is 1.66. The van der Waals surface area contributed by atoms with Gasteiger partial charge in [-0.15, -0.1) is 0 Å². The highest BCUT2D eigenvalue weighted by Gasteiger charge is 2.49. The minimum Gasteiger partial charge on any atom is -0.326 e. The lowest BCUT2D eigenvalue weighted by atomic mass is 10.2. The van der Waals surface area contributed by atoms with Crippen LogP contribution >= 0.6 is 23.2 Å². The second-order valence-electron chi connectivity index (χ2n) is 6.52. The molecule has 2 atom stereocenters. The third-order valence-corrected chi connectivity index (χ3v) is 4.91. The molecule has 2 aromatic carbocycles. The van der Waals surface area contributed by atoms with Gasteiger partial charge >= 0.3 is 0 Å². The van der Waals surface area contributed by atoms with E-state index in [9.17, 15) is 9.59 Å². The van der Waals surface area contributed by atoms with Gasteiger partial charge in [-0.3, -0.25) is 9.59 Å². The molecular weight excluding hydrogens is 371 g/mol. The number of carbonyl (C=O) groups is 2. The van der Waals surface area contributed by atoms with Crippen LogP contribution in [0.15, 0.2) is 42.5 Å². The summed E-state index contributed by atoms with van der Waals surface area (Å²) < 4.78 is 0. The summed E-state index contributed by atoms with van der Waals surface area (Å²) in [4.78, 5) is 27.0. The fourth-order valence-electron chi connectivity index (χ4n) is 3.08. The van der Waals surface area contributed by atoms with Crippen molar-refractivity contribution in [3.8, 4) is 0 Å². The number of nitrogens with one attached hydrogen (secondary N) is 1. The third-order valence-electron chi connectivity index (χ3n) is 4.47. The van der Waals surface area contributed by atoms with Crippen LogP contribution in [0.1, 0.15) is 18.9 Å². The molecule has 0 aromatic heterocycles. The highest BCUT2D eigenvalue weighted by molar-refractivity contribution is 6.35. The Morgan fingerprint density at radius 3 is 2.42 bits per heavy atom. The first kappa shape index (κ1) is 18.7. The number of nitrogens with zero attached hydrogens (tertiary/aromatic N) is 1. The topological polar surface area (TPSA) is 49.4 Å². The molecule has 2 amide bonds. The maximum absolute atomic E-state index is 12.8. The van der Waals surface area contributed by atoms with Crippen molar-refractivity contribution in [1.29, 1.82) is 0 Å². The van der Waals surface area contributed by atoms with E-state index >= 15 is 0 Å². The largest absolute Gasteiger partial charge is 0.326 e. The van der Waals surface area contributed by atoms with Crippen molar-refractivity contribution in [3.63, 3.8) is 0 Å². The smallest absolute Gasteiger partial charge is 0.230 e. The normalized spacial score (nSPS) is 18.3. The van der Waals surface area contributed by atoms with Crippen molar-refractivity contribution in [2.45, 2.75) is 20.3 Å². The highest BCUT2D eigenvalue weighted by atomic mass is 35.5. The van der Waals surface area contributed by atoms with Crippen molar-refractivity contribution in [2.75, 3.05) is 16.8 Å². The molecule has 1 N–H and O–H groups in total. The monoisotopic (exact) mass is 390 g/mol. The van der Waals surface area contributed by atoms with Crippen LogP contribution in [0.4, 0.5) is 11.4 Å². The molecule has 6 heteroatoms. The zero-order chi connectivity index (χ0) is 18.8. The van der Waals surface area contributed by atoms with Crippen LogP contribution in [0.3, 0.4) is 0 Å². The molecule has 2 aromatic rings. The Hall–Kier alpha value is -2.04. The summed E-state index contributed by atoms with van der Waals surface area (Å²) in [6, 6.07) is 12.7. The maximum atomic E-state index is 12.8. The molecule has 4 nitrogen and oxygen atoms in total. The lowest BCUT2D eigenvalue weighted by Crippen LogP contribution is -2.33. The van der Waals surface area contributed by atoms with Crippen LogP contribution in [-0.4, -0.2) is 18.4 Å². The lowest BCUT2D eigenvalue weighted by Gasteiger charge is -2.21. The summed E-state index contributed by atoms with van der Waals surface area (Å²) in [5.41, 5.74) is 2.50. The molecule has 1 saturated carbocycles. The predicted molar refractivity (Wildman–Crippen MR) is 106 cm³/mol. The van der Waals surface area contributed by atoms with Gasteiger partial charge < -0.3 is 10.2 Å². The number of hydrogen-bond acceptors (Lipinski definition) is 2. The van der Waals surface area contributed by atoms with Crippen molar-refractivity contribution in [3.05, 3.63) is 58.1 Å². The lowest BCUT2D eigenvalue weighted by molar-refractivity contribution is -0.123. The summed E-state index contributed by atoms with van der Waals surface area (Å²) in [5.74, 6) is -0.798. The summed E-state index contributed by atoms with van der Waals surface area (Å²) in [7, 11) is 0. The average Bonchev–Trinajstić information content (AvgIpc) is 3.35. The Morgan fingerprint density at radius 1 is 1.12 bits per heavy atom. The van der Waals surface area contributed by atoms with E-state index in [1.54, 1.807) is 23.1 Å². The van der Waals surface area contributed by atoms with E-state index in [2.05, 4.69) is 5.32 Å². The van der Waals surface area contributed by atoms with E-state index in [0.29, 0.717) is 28.7 Å². The molecule has 1 fully saturated rings. The van der Waals surface area contributed by atoms with Crippen LogP contribution in [0.25, 0.3) is 0 Å². The molecule has 26 heavy (non-hydrogen) atoms. The van der Waals surface area contributed by atoms with Gasteiger partial charge in [0.2, 0.25) is 11.8 Å². The SMILES string of the molecule is CCN(C(=O)C1CC1C(=O)Nc1cc(Cl)cc(Cl)c1)c1cccc(C)c1. The van der Waals surface area contributed by atoms with Crippen molar-refractivity contribution in [2.24, 2.45) is 11.8 Å². The molecule has 0 bridgehead atoms. The molecule has 2 unspecified atom stereocenters. The van der Waals surface area contributed by atoms with Crippen molar-refractivity contribution in [1.82, 2.24) is 0 Å². The fourth-order valence-corrected chi connectivity index (χ4v) is 3.61. The zero-order valence-corrected chi connectivity index (χ0v) is 16.1. The summed E-state index contributed by atoms with van der Waals surface area (Å²) in [5, 5.41) is 3.70. The molecule has 0 heterocycles. The number of rotatable bonds is 5. The summed E-state index contributed by atoms with van der Waals surface area (Å²) in [6.45, 7) is 4.49. The summed E-state index contributed by atoms with van der Waals surface area (Å²) in [6.07, 6.45) is 0.557. The fraction of sp³-hybridized carbons (Fsp3) is 0.300. The zero-order valence-electron chi connectivity index (χ0n) is 14.6. The average molecular weight is 391 g/mol. The van der Waals surface area contributed by atoms with Gasteiger partial charge in [-0.1, -0.05) is 35.3 Å². The number of hydrogen-bond donors (Lipinski definition) is 1. The Kier molecular flexibility index (Phi) is 5.54. The predicted octanol–water partition coefficient (Wildman–Crippen LogP) is 4.93. The van der Waals surface area contributed by atoms with Crippen LogP contribution in [0.2, 0.25) is 10.0 Å². The Bertz CT molecular complexity index is 833. The first-order valence-electron chi connectivity index (χ1n) is 8.54. The highest BCUT2D eigenvalue weighted by Crippen LogP contribution is 2.41. The number of benzene rings is 2. The van der Waals surface area contributed by atoms with Gasteiger partial charge in [0.05, 0.1) is 11.8 Å². The van der Waals surface area contributed by atoms with Gasteiger partial charge in [-0.05, 0) is 56.2 Å². The van der Waals surface area contributed by atoms with Crippen molar-refractivity contribution >= 4 is 46.4 Å². The van der Waals surface area contributed by atoms with E-state index in [1.165, 1.54) is 0 Å². The van der Waals surface area contributed by atoms with Gasteiger partial charge in [0.1, 0.15) is 0 Å². The minimum atomic E-state index is -0.320. The van der Waals surface area contributed by atoms with Crippen LogP contribution in [0.5, 0.6) is 0 Å². The second kappa shape index (κ2) is 7.68. The Labute approximate surface area is 163 Å². The first-order chi connectivity index (χ1) is 12.4. The molecule has 0 radical (unpaired) electrons. The van der Waals surface area contributed by atoms with Gasteiger partial charge in [-0.25, -0.2) is 0 Å². The van der Waals surface area contributed by atoms with Crippen molar-refractivity contribution < 1.29 is 9.59 Å².